The molecule has 208 valence electrons. The van der Waals surface area contributed by atoms with Crippen molar-refractivity contribution in [2.75, 3.05) is 19.4 Å². The van der Waals surface area contributed by atoms with Gasteiger partial charge in [-0.15, -0.1) is 18.6 Å². The minimum absolute atomic E-state index is 0.238. The second-order valence-electron chi connectivity index (χ2n) is 8.60. The number of benzene rings is 3. The Hall–Kier alpha value is -4.32. The molecule has 0 fully saturated rings. The minimum Gasteiger partial charge on any atom is -0.497 e. The summed E-state index contributed by atoms with van der Waals surface area (Å²) in [7, 11) is 1.66. The Labute approximate surface area is 234 Å². The molecule has 0 saturated heterocycles. The van der Waals surface area contributed by atoms with Crippen LogP contribution in [-0.2, 0) is 0 Å². The van der Waals surface area contributed by atoms with Crippen molar-refractivity contribution >= 4 is 46.7 Å². The van der Waals surface area contributed by atoms with Crippen LogP contribution < -0.4 is 20.6 Å². The summed E-state index contributed by atoms with van der Waals surface area (Å²) in [6.45, 7) is 2.96. The van der Waals surface area contributed by atoms with Crippen LogP contribution in [0.3, 0.4) is 0 Å². The molecule has 1 aliphatic rings. The lowest BCUT2D eigenvalue weighted by Gasteiger charge is -2.17. The zero-order valence-corrected chi connectivity index (χ0v) is 22.7. The van der Waals surface area contributed by atoms with Crippen molar-refractivity contribution in [1.82, 2.24) is 5.43 Å². The van der Waals surface area contributed by atoms with E-state index in [-0.39, 0.29) is 11.6 Å². The van der Waals surface area contributed by atoms with Crippen LogP contribution in [0.1, 0.15) is 23.1 Å². The Morgan fingerprint density at radius 3 is 2.45 bits per heavy atom. The fraction of sp³-hybridized carbons (Fsp3) is 0.214. The quantitative estimate of drug-likeness (QED) is 0.156. The number of ether oxygens (including phenoxy) is 2. The summed E-state index contributed by atoms with van der Waals surface area (Å²) >= 11 is 1.73. The van der Waals surface area contributed by atoms with Crippen molar-refractivity contribution in [3.63, 3.8) is 0 Å². The summed E-state index contributed by atoms with van der Waals surface area (Å²) in [5.74, 6) is 1.75. The third-order valence-electron chi connectivity index (χ3n) is 5.76. The summed E-state index contributed by atoms with van der Waals surface area (Å²) in [6.07, 6.45) is -0.702. The fourth-order valence-electron chi connectivity index (χ4n) is 3.82. The number of hydrogen-bond acceptors (Lipinski definition) is 6. The van der Waals surface area contributed by atoms with Crippen molar-refractivity contribution < 1.29 is 27.2 Å². The van der Waals surface area contributed by atoms with Crippen LogP contribution in [0.15, 0.2) is 81.8 Å². The van der Waals surface area contributed by atoms with Crippen molar-refractivity contribution in [3.05, 3.63) is 83.4 Å². The highest BCUT2D eigenvalue weighted by Crippen LogP contribution is 2.27. The van der Waals surface area contributed by atoms with E-state index in [4.69, 9.17) is 10.5 Å². The van der Waals surface area contributed by atoms with E-state index < -0.39 is 6.36 Å². The lowest BCUT2D eigenvalue weighted by molar-refractivity contribution is -0.441. The van der Waals surface area contributed by atoms with Gasteiger partial charge in [0, 0.05) is 11.3 Å². The highest BCUT2D eigenvalue weighted by Gasteiger charge is 2.31. The van der Waals surface area contributed by atoms with E-state index >= 15 is 0 Å². The number of nitrogens with zero attached hydrogens (tertiary/aromatic N) is 4. The first-order chi connectivity index (χ1) is 19.2. The molecule has 40 heavy (non-hydrogen) atoms. The molecule has 0 saturated carbocycles. The molecule has 8 nitrogen and oxygen atoms in total. The van der Waals surface area contributed by atoms with E-state index in [1.54, 1.807) is 25.1 Å². The number of thioether (sulfide) groups is 1. The van der Waals surface area contributed by atoms with E-state index in [0.717, 1.165) is 46.4 Å². The van der Waals surface area contributed by atoms with E-state index in [9.17, 15) is 13.2 Å². The number of rotatable bonds is 8. The molecule has 3 aromatic carbocycles. The van der Waals surface area contributed by atoms with Crippen LogP contribution in [0, 0.1) is 6.92 Å². The van der Waals surface area contributed by atoms with E-state index in [1.807, 2.05) is 36.4 Å². The number of methoxy groups -OCH3 is 1. The van der Waals surface area contributed by atoms with Gasteiger partial charge in [0.15, 0.2) is 0 Å². The van der Waals surface area contributed by atoms with Crippen molar-refractivity contribution in [1.29, 1.82) is 0 Å². The van der Waals surface area contributed by atoms with Gasteiger partial charge in [-0.2, -0.15) is 0 Å². The molecule has 0 aliphatic carbocycles. The number of nitrogens with two attached hydrogens (primary N) is 1. The third-order valence-corrected chi connectivity index (χ3v) is 6.84. The average Bonchev–Trinajstić information content (AvgIpc) is 2.94. The topological polar surface area (TPSA) is 96.6 Å². The van der Waals surface area contributed by atoms with Gasteiger partial charge in [-0.3, -0.25) is 0 Å². The van der Waals surface area contributed by atoms with Gasteiger partial charge in [-0.1, -0.05) is 29.4 Å². The molecule has 0 unspecified atom stereocenters. The number of aliphatic imine (C=N–C) groups is 2. The Morgan fingerprint density at radius 1 is 1.05 bits per heavy atom. The van der Waals surface area contributed by atoms with E-state index in [1.165, 1.54) is 30.6 Å². The van der Waals surface area contributed by atoms with Crippen LogP contribution in [0.25, 0.3) is 0 Å². The molecule has 0 aromatic heterocycles. The first kappa shape index (κ1) is 28.7. The molecule has 4 rings (SSSR count). The van der Waals surface area contributed by atoms with Crippen LogP contribution in [0.2, 0.25) is 0 Å². The molecule has 0 atom stereocenters. The standard InChI is InChI=1S/C28H27F3N6O2S/c1-19-16-24(38-2)12-13-25(19)37-14-3-15-40-27(37)36-35-17-20-4-6-21(7-5-20)26(32)34-18-33-22-8-10-23(11-9-22)39-28(29,30)31/h4-13,16-18H,3,14-15H2,1-2H3,(H2,32,33,34)/p+1/b35-17+. The van der Waals surface area contributed by atoms with Gasteiger partial charge in [0.1, 0.15) is 29.4 Å². The first-order valence-electron chi connectivity index (χ1n) is 12.2. The highest BCUT2D eigenvalue weighted by molar-refractivity contribution is 8.13. The number of halogens is 3. The molecule has 12 heteroatoms. The second-order valence-corrected chi connectivity index (χ2v) is 9.69. The first-order valence-corrected chi connectivity index (χ1v) is 13.2. The predicted molar refractivity (Wildman–Crippen MR) is 154 cm³/mol. The average molecular weight is 570 g/mol. The number of aryl methyl sites for hydroxylation is 1. The molecular weight excluding hydrogens is 541 g/mol. The Bertz CT molecular complexity index is 1440. The summed E-state index contributed by atoms with van der Waals surface area (Å²) in [5.41, 5.74) is 13.4. The summed E-state index contributed by atoms with van der Waals surface area (Å²) in [4.78, 5) is 8.19. The van der Waals surface area contributed by atoms with Crippen molar-refractivity contribution in [2.45, 2.75) is 19.7 Å². The van der Waals surface area contributed by atoms with Crippen molar-refractivity contribution in [2.24, 2.45) is 20.8 Å². The molecule has 0 amide bonds. The van der Waals surface area contributed by atoms with Gasteiger partial charge in [0.05, 0.1) is 25.6 Å². The second kappa shape index (κ2) is 13.2. The molecule has 3 aromatic rings. The number of hydrogen-bond donors (Lipinski definition) is 2. The Morgan fingerprint density at radius 2 is 1.77 bits per heavy atom. The van der Waals surface area contributed by atoms with E-state index in [2.05, 4.69) is 42.8 Å². The largest absolute Gasteiger partial charge is 0.573 e. The van der Waals surface area contributed by atoms with Gasteiger partial charge in [0.25, 0.3) is 0 Å². The maximum atomic E-state index is 12.3. The van der Waals surface area contributed by atoms with Gasteiger partial charge < -0.3 is 15.2 Å². The summed E-state index contributed by atoms with van der Waals surface area (Å²) in [5, 5.41) is 5.40. The predicted octanol–water partition coefficient (Wildman–Crippen LogP) is 5.73. The lowest BCUT2D eigenvalue weighted by atomic mass is 10.1. The monoisotopic (exact) mass is 569 g/mol. The SMILES string of the molecule is COc1ccc([N+]2=C(N/N=C/c3ccc(C(N)=NC=Nc4ccc(OC(F)(F)F)cc4)cc3)SCCC2)c(C)c1. The molecule has 3 N–H and O–H groups in total. The van der Waals surface area contributed by atoms with Crippen molar-refractivity contribution in [3.8, 4) is 11.5 Å². The number of amidine groups is 2. The zero-order chi connectivity index (χ0) is 28.5. The Balaban J connectivity index is 1.37. The molecule has 1 heterocycles. The fourth-order valence-corrected chi connectivity index (χ4v) is 4.75. The number of nitrogens with one attached hydrogen (secondary N) is 1. The maximum Gasteiger partial charge on any atom is 0.573 e. The zero-order valence-electron chi connectivity index (χ0n) is 21.9. The summed E-state index contributed by atoms with van der Waals surface area (Å²) in [6, 6.07) is 18.5. The van der Waals surface area contributed by atoms with Gasteiger partial charge in [0.2, 0.25) is 0 Å². The molecule has 0 radical (unpaired) electrons. The van der Waals surface area contributed by atoms with Crippen LogP contribution >= 0.6 is 11.8 Å². The van der Waals surface area contributed by atoms with Gasteiger partial charge in [-0.25, -0.2) is 14.6 Å². The third kappa shape index (κ3) is 8.09. The molecule has 0 spiro atoms. The molecule has 0 bridgehead atoms. The van der Waals surface area contributed by atoms with Crippen LogP contribution in [0.5, 0.6) is 11.5 Å². The maximum absolute atomic E-state index is 12.3. The number of alkyl halides is 3. The smallest absolute Gasteiger partial charge is 0.497 e. The molecule has 1 aliphatic heterocycles. The summed E-state index contributed by atoms with van der Waals surface area (Å²) < 4.78 is 48.2. The lowest BCUT2D eigenvalue weighted by Crippen LogP contribution is -2.30. The highest BCUT2D eigenvalue weighted by atomic mass is 32.2. The molecular formula is C28H28F3N6O2S+. The normalized spacial score (nSPS) is 14.7. The van der Waals surface area contributed by atoms with Gasteiger partial charge >= 0.3 is 11.5 Å². The minimum atomic E-state index is -4.74. The Kier molecular flexibility index (Phi) is 9.43. The van der Waals surface area contributed by atoms with Crippen LogP contribution in [0.4, 0.5) is 24.5 Å². The van der Waals surface area contributed by atoms with E-state index in [0.29, 0.717) is 11.3 Å². The van der Waals surface area contributed by atoms with Crippen LogP contribution in [-0.4, -0.2) is 53.9 Å². The van der Waals surface area contributed by atoms with Gasteiger partial charge in [-0.05, 0) is 78.7 Å². The number of hydrazone groups is 1.